The molecule has 0 N–H and O–H groups in total. The largest absolute Gasteiger partial charge is 0.544 e. The van der Waals surface area contributed by atoms with Gasteiger partial charge in [0, 0.05) is 19.3 Å². The first-order chi connectivity index (χ1) is 29.6. The van der Waals surface area contributed by atoms with Gasteiger partial charge in [-0.15, -0.1) is 0 Å². The number of unbranched alkanes of at least 4 members (excludes halogenated alkanes) is 17. The highest BCUT2D eigenvalue weighted by Crippen LogP contribution is 2.14. The fourth-order valence-corrected chi connectivity index (χ4v) is 6.80. The van der Waals surface area contributed by atoms with Gasteiger partial charge in [-0.3, -0.25) is 9.59 Å². The van der Waals surface area contributed by atoms with Gasteiger partial charge in [0.1, 0.15) is 12.6 Å². The summed E-state index contributed by atoms with van der Waals surface area (Å²) in [4.78, 5) is 37.0. The number of esters is 2. The van der Waals surface area contributed by atoms with E-state index in [-0.39, 0.29) is 42.7 Å². The Bertz CT molecular complexity index is 1230. The zero-order valence-electron chi connectivity index (χ0n) is 39.8. The van der Waals surface area contributed by atoms with Crippen molar-refractivity contribution in [3.8, 4) is 0 Å². The Morgan fingerprint density at radius 3 is 1.36 bits per heavy atom. The van der Waals surface area contributed by atoms with E-state index in [4.69, 9.17) is 14.2 Å². The van der Waals surface area contributed by atoms with Gasteiger partial charge in [0.05, 0.1) is 40.3 Å². The first-order valence-corrected chi connectivity index (χ1v) is 24.5. The Kier molecular flexibility index (Phi) is 41.1. The predicted octanol–water partition coefficient (Wildman–Crippen LogP) is 12.6. The number of hydrogen-bond donors (Lipinski definition) is 0. The molecule has 0 aliphatic rings. The molecular formula is C53H91NO7. The van der Waals surface area contributed by atoms with Gasteiger partial charge in [0.25, 0.3) is 0 Å². The molecule has 0 bridgehead atoms. The number of carbonyl (C=O) groups is 3. The maximum atomic E-state index is 12.8. The van der Waals surface area contributed by atoms with Crippen molar-refractivity contribution in [1.82, 2.24) is 0 Å². The highest BCUT2D eigenvalue weighted by Gasteiger charge is 2.25. The van der Waals surface area contributed by atoms with Crippen molar-refractivity contribution < 1.29 is 38.2 Å². The van der Waals surface area contributed by atoms with Gasteiger partial charge in [-0.05, 0) is 83.5 Å². The van der Waals surface area contributed by atoms with Crippen molar-refractivity contribution in [2.45, 2.75) is 206 Å². The summed E-state index contributed by atoms with van der Waals surface area (Å²) in [6.07, 6.45) is 54.9. The molecular weight excluding hydrogens is 763 g/mol. The standard InChI is InChI=1S/C53H91NO7/c1-6-8-10-12-14-16-18-20-22-24-25-26-27-28-30-32-34-36-38-40-42-44-52(56)61-49(47-59-46-45-50(53(57)58)54(3,4)5)48-60-51(55)43-41-39-37-35-33-31-29-23-21-19-17-15-13-11-9-7-2/h8,10,14,16-17,19-20,22-23,25-26,29,49-50H,6-7,9,11-13,15,18,21,24,27-28,30-48H2,1-5H3/b10-8-,16-14-,19-17-,22-20-,26-25-,29-23-. The predicted molar refractivity (Wildman–Crippen MR) is 254 cm³/mol. The molecule has 0 amide bonds. The molecule has 0 aliphatic carbocycles. The molecule has 0 radical (unpaired) electrons. The molecule has 0 fully saturated rings. The van der Waals surface area contributed by atoms with E-state index in [1.165, 1.54) is 64.2 Å². The molecule has 0 aliphatic heterocycles. The summed E-state index contributed by atoms with van der Waals surface area (Å²) >= 11 is 0. The number of carboxylic acids is 1. The third kappa shape index (κ3) is 41.9. The third-order valence-electron chi connectivity index (χ3n) is 10.6. The Morgan fingerprint density at radius 2 is 0.918 bits per heavy atom. The summed E-state index contributed by atoms with van der Waals surface area (Å²) < 4.78 is 17.2. The molecule has 0 aromatic carbocycles. The zero-order chi connectivity index (χ0) is 44.9. The summed E-state index contributed by atoms with van der Waals surface area (Å²) in [6, 6.07) is -0.733. The number of quaternary nitrogens is 1. The molecule has 2 atom stereocenters. The number of allylic oxidation sites excluding steroid dienone is 12. The third-order valence-corrected chi connectivity index (χ3v) is 10.6. The summed E-state index contributed by atoms with van der Waals surface area (Å²) in [7, 11) is 5.40. The smallest absolute Gasteiger partial charge is 0.306 e. The monoisotopic (exact) mass is 854 g/mol. The van der Waals surface area contributed by atoms with Crippen molar-refractivity contribution in [1.29, 1.82) is 0 Å². The van der Waals surface area contributed by atoms with Crippen LogP contribution in [-0.2, 0) is 28.6 Å². The van der Waals surface area contributed by atoms with E-state index in [0.29, 0.717) is 12.8 Å². The Hall–Kier alpha value is -3.23. The van der Waals surface area contributed by atoms with Crippen LogP contribution >= 0.6 is 0 Å². The van der Waals surface area contributed by atoms with Crippen LogP contribution in [0.1, 0.15) is 194 Å². The lowest BCUT2D eigenvalue weighted by Gasteiger charge is -2.34. The number of nitrogens with zero attached hydrogens (tertiary/aromatic N) is 1. The zero-order valence-corrected chi connectivity index (χ0v) is 39.8. The van der Waals surface area contributed by atoms with Crippen molar-refractivity contribution in [2.24, 2.45) is 0 Å². The number of carboxylic acid groups (broad SMARTS) is 1. The Balaban J connectivity index is 4.32. The first kappa shape index (κ1) is 57.8. The highest BCUT2D eigenvalue weighted by atomic mass is 16.6. The molecule has 61 heavy (non-hydrogen) atoms. The van der Waals surface area contributed by atoms with Crippen molar-refractivity contribution in [3.63, 3.8) is 0 Å². The van der Waals surface area contributed by atoms with E-state index in [2.05, 4.69) is 86.8 Å². The Labute approximate surface area is 374 Å². The summed E-state index contributed by atoms with van der Waals surface area (Å²) in [5, 5.41) is 11.7. The van der Waals surface area contributed by atoms with Crippen LogP contribution in [-0.4, -0.2) is 75.5 Å². The van der Waals surface area contributed by atoms with E-state index in [0.717, 1.165) is 96.3 Å². The minimum Gasteiger partial charge on any atom is -0.544 e. The maximum Gasteiger partial charge on any atom is 0.306 e. The van der Waals surface area contributed by atoms with E-state index < -0.39 is 18.1 Å². The SMILES string of the molecule is CC/C=C\C/C=C\C/C=C\C/C=C\CCCCCCCCCCC(=O)OC(COCCC(C(=O)[O-])[N+](C)(C)C)COC(=O)CCCCCCC/C=C\C/C=C\CCCCCC. The van der Waals surface area contributed by atoms with Crippen LogP contribution in [0.15, 0.2) is 72.9 Å². The van der Waals surface area contributed by atoms with Crippen LogP contribution in [0.3, 0.4) is 0 Å². The van der Waals surface area contributed by atoms with Crippen molar-refractivity contribution in [2.75, 3.05) is 41.0 Å². The Morgan fingerprint density at radius 1 is 0.508 bits per heavy atom. The summed E-state index contributed by atoms with van der Waals surface area (Å²) in [6.45, 7) is 4.51. The highest BCUT2D eigenvalue weighted by molar-refractivity contribution is 5.70. The molecule has 0 spiro atoms. The van der Waals surface area contributed by atoms with E-state index in [1.54, 1.807) is 21.1 Å². The number of aliphatic carboxylic acids is 1. The van der Waals surface area contributed by atoms with Gasteiger partial charge in [-0.2, -0.15) is 0 Å². The molecule has 0 saturated heterocycles. The van der Waals surface area contributed by atoms with Crippen LogP contribution in [0.2, 0.25) is 0 Å². The minimum absolute atomic E-state index is 0.0298. The van der Waals surface area contributed by atoms with Crippen molar-refractivity contribution >= 4 is 17.9 Å². The second-order valence-electron chi connectivity index (χ2n) is 17.3. The normalized spacial score (nSPS) is 13.5. The van der Waals surface area contributed by atoms with Gasteiger partial charge < -0.3 is 28.6 Å². The minimum atomic E-state index is -1.13. The quantitative estimate of drug-likeness (QED) is 0.0260. The second-order valence-corrected chi connectivity index (χ2v) is 17.3. The van der Waals surface area contributed by atoms with Gasteiger partial charge in [0.15, 0.2) is 6.10 Å². The molecule has 0 heterocycles. The molecule has 0 aromatic rings. The molecule has 2 unspecified atom stereocenters. The van der Waals surface area contributed by atoms with Crippen LogP contribution in [0, 0.1) is 0 Å². The fourth-order valence-electron chi connectivity index (χ4n) is 6.80. The molecule has 350 valence electrons. The molecule has 0 aromatic heterocycles. The van der Waals surface area contributed by atoms with Crippen LogP contribution in [0.4, 0.5) is 0 Å². The molecule has 0 saturated carbocycles. The number of rotatable bonds is 43. The number of hydrogen-bond acceptors (Lipinski definition) is 7. The molecule has 0 rings (SSSR count). The summed E-state index contributed by atoms with van der Waals surface area (Å²) in [5.74, 6) is -1.77. The lowest BCUT2D eigenvalue weighted by molar-refractivity contribution is -0.889. The summed E-state index contributed by atoms with van der Waals surface area (Å²) in [5.41, 5.74) is 0. The second kappa shape index (κ2) is 43.4. The number of ether oxygens (including phenoxy) is 3. The lowest BCUT2D eigenvalue weighted by atomic mass is 10.1. The maximum absolute atomic E-state index is 12.8. The number of likely N-dealkylation sites (N-methyl/N-ethyl adjacent to an activating group) is 1. The van der Waals surface area contributed by atoms with E-state index in [1.807, 2.05) is 0 Å². The topological polar surface area (TPSA) is 102 Å². The lowest BCUT2D eigenvalue weighted by Crippen LogP contribution is -2.55. The van der Waals surface area contributed by atoms with Gasteiger partial charge in [0.2, 0.25) is 0 Å². The first-order valence-electron chi connectivity index (χ1n) is 24.5. The van der Waals surface area contributed by atoms with Crippen LogP contribution < -0.4 is 5.11 Å². The molecule has 8 heteroatoms. The van der Waals surface area contributed by atoms with E-state index >= 15 is 0 Å². The fraction of sp³-hybridized carbons (Fsp3) is 0.717. The van der Waals surface area contributed by atoms with Crippen molar-refractivity contribution in [3.05, 3.63) is 72.9 Å². The van der Waals surface area contributed by atoms with E-state index in [9.17, 15) is 19.5 Å². The molecule has 8 nitrogen and oxygen atoms in total. The van der Waals surface area contributed by atoms with Gasteiger partial charge in [-0.1, -0.05) is 164 Å². The van der Waals surface area contributed by atoms with Crippen LogP contribution in [0.25, 0.3) is 0 Å². The number of carbonyl (C=O) groups excluding carboxylic acids is 3. The van der Waals surface area contributed by atoms with Gasteiger partial charge >= 0.3 is 11.9 Å². The average molecular weight is 854 g/mol. The van der Waals surface area contributed by atoms with Crippen LogP contribution in [0.5, 0.6) is 0 Å². The van der Waals surface area contributed by atoms with Gasteiger partial charge in [-0.25, -0.2) is 0 Å². The average Bonchev–Trinajstić information content (AvgIpc) is 3.22.